The Labute approximate surface area is 112 Å². The lowest BCUT2D eigenvalue weighted by Crippen LogP contribution is -2.38. The zero-order chi connectivity index (χ0) is 13.5. The molecule has 0 spiro atoms. The zero-order valence-corrected chi connectivity index (χ0v) is 12.5. The third kappa shape index (κ3) is 5.19. The summed E-state index contributed by atoms with van der Waals surface area (Å²) in [6, 6.07) is 9.21. The van der Waals surface area contributed by atoms with Gasteiger partial charge in [0.05, 0.1) is 0 Å². The fraction of sp³-hybridized carbons (Fsp3) is 0.625. The van der Waals surface area contributed by atoms with Crippen molar-refractivity contribution in [1.29, 1.82) is 0 Å². The molecule has 1 unspecified atom stereocenters. The van der Waals surface area contributed by atoms with E-state index in [-0.39, 0.29) is 0 Å². The van der Waals surface area contributed by atoms with E-state index in [1.54, 1.807) is 0 Å². The molecule has 0 aliphatic rings. The molecule has 18 heavy (non-hydrogen) atoms. The van der Waals surface area contributed by atoms with Crippen LogP contribution in [0.3, 0.4) is 0 Å². The minimum atomic E-state index is 0.619. The molecule has 0 saturated carbocycles. The molecule has 1 N–H and O–H groups in total. The third-order valence-electron chi connectivity index (χ3n) is 3.43. The summed E-state index contributed by atoms with van der Waals surface area (Å²) >= 11 is 0. The Morgan fingerprint density at radius 3 is 2.39 bits per heavy atom. The quantitative estimate of drug-likeness (QED) is 0.798. The Morgan fingerprint density at radius 1 is 1.17 bits per heavy atom. The molecule has 2 nitrogen and oxygen atoms in total. The number of likely N-dealkylation sites (N-methyl/N-ethyl adjacent to an activating group) is 1. The Hall–Kier alpha value is -0.860. The molecule has 1 aromatic rings. The molecule has 1 aromatic carbocycles. The van der Waals surface area contributed by atoms with Crippen molar-refractivity contribution in [3.8, 4) is 0 Å². The molecule has 0 aromatic heterocycles. The Kier molecular flexibility index (Phi) is 6.37. The predicted octanol–water partition coefficient (Wildman–Crippen LogP) is 3.06. The van der Waals surface area contributed by atoms with Crippen LogP contribution < -0.4 is 5.32 Å². The van der Waals surface area contributed by atoms with Crippen molar-refractivity contribution < 1.29 is 0 Å². The van der Waals surface area contributed by atoms with E-state index < -0.39 is 0 Å². The SMILES string of the molecule is Cc1ccccc1CNCC(CC(C)C)N(C)C. The molecule has 0 bridgehead atoms. The Balaban J connectivity index is 2.41. The van der Waals surface area contributed by atoms with Crippen molar-refractivity contribution in [3.05, 3.63) is 35.4 Å². The van der Waals surface area contributed by atoms with Gasteiger partial charge in [-0.1, -0.05) is 38.1 Å². The monoisotopic (exact) mass is 248 g/mol. The average Bonchev–Trinajstić information content (AvgIpc) is 2.29. The molecular formula is C16H28N2. The standard InChI is InChI=1S/C16H28N2/c1-13(2)10-16(18(4)5)12-17-11-15-9-7-6-8-14(15)3/h6-9,13,16-17H,10-12H2,1-5H3. The van der Waals surface area contributed by atoms with Crippen molar-refractivity contribution in [2.75, 3.05) is 20.6 Å². The first-order valence-electron chi connectivity index (χ1n) is 6.92. The van der Waals surface area contributed by atoms with Crippen LogP contribution in [0.5, 0.6) is 0 Å². The summed E-state index contributed by atoms with van der Waals surface area (Å²) in [5.74, 6) is 0.748. The maximum atomic E-state index is 3.59. The van der Waals surface area contributed by atoms with Crippen LogP contribution in [0, 0.1) is 12.8 Å². The van der Waals surface area contributed by atoms with E-state index in [9.17, 15) is 0 Å². The van der Waals surface area contributed by atoms with Gasteiger partial charge in [0.2, 0.25) is 0 Å². The number of hydrogen-bond donors (Lipinski definition) is 1. The van der Waals surface area contributed by atoms with E-state index in [2.05, 4.69) is 69.3 Å². The highest BCUT2D eigenvalue weighted by Crippen LogP contribution is 2.09. The first-order chi connectivity index (χ1) is 8.50. The second-order valence-corrected chi connectivity index (χ2v) is 5.80. The van der Waals surface area contributed by atoms with Crippen molar-refractivity contribution in [3.63, 3.8) is 0 Å². The first-order valence-corrected chi connectivity index (χ1v) is 6.92. The van der Waals surface area contributed by atoms with Crippen molar-refractivity contribution in [2.24, 2.45) is 5.92 Å². The summed E-state index contributed by atoms with van der Waals surface area (Å²) in [5, 5.41) is 3.59. The van der Waals surface area contributed by atoms with Gasteiger partial charge >= 0.3 is 0 Å². The fourth-order valence-corrected chi connectivity index (χ4v) is 2.20. The van der Waals surface area contributed by atoms with Gasteiger partial charge in [-0.2, -0.15) is 0 Å². The Morgan fingerprint density at radius 2 is 1.83 bits per heavy atom. The van der Waals surface area contributed by atoms with Gasteiger partial charge in [0, 0.05) is 19.1 Å². The summed E-state index contributed by atoms with van der Waals surface area (Å²) in [6.45, 7) is 8.78. The van der Waals surface area contributed by atoms with Gasteiger partial charge in [0.25, 0.3) is 0 Å². The molecule has 0 aliphatic heterocycles. The summed E-state index contributed by atoms with van der Waals surface area (Å²) < 4.78 is 0. The average molecular weight is 248 g/mol. The first kappa shape index (κ1) is 15.2. The topological polar surface area (TPSA) is 15.3 Å². The third-order valence-corrected chi connectivity index (χ3v) is 3.43. The van der Waals surface area contributed by atoms with Gasteiger partial charge in [-0.05, 0) is 44.5 Å². The number of benzene rings is 1. The van der Waals surface area contributed by atoms with Crippen LogP contribution in [0.1, 0.15) is 31.4 Å². The smallest absolute Gasteiger partial charge is 0.0217 e. The Bertz CT molecular complexity index is 345. The number of hydrogen-bond acceptors (Lipinski definition) is 2. The van der Waals surface area contributed by atoms with Gasteiger partial charge in [-0.25, -0.2) is 0 Å². The van der Waals surface area contributed by atoms with Gasteiger partial charge < -0.3 is 10.2 Å². The molecule has 0 heterocycles. The van der Waals surface area contributed by atoms with E-state index in [0.717, 1.165) is 19.0 Å². The van der Waals surface area contributed by atoms with Gasteiger partial charge in [0.15, 0.2) is 0 Å². The van der Waals surface area contributed by atoms with Crippen LogP contribution in [0.15, 0.2) is 24.3 Å². The second-order valence-electron chi connectivity index (χ2n) is 5.80. The van der Waals surface area contributed by atoms with Crippen molar-refractivity contribution in [1.82, 2.24) is 10.2 Å². The predicted molar refractivity (Wildman–Crippen MR) is 79.8 cm³/mol. The van der Waals surface area contributed by atoms with E-state index in [1.807, 2.05) is 0 Å². The van der Waals surface area contributed by atoms with Crippen LogP contribution in [-0.2, 0) is 6.54 Å². The molecule has 1 atom stereocenters. The number of nitrogens with one attached hydrogen (secondary N) is 1. The molecule has 1 rings (SSSR count). The number of nitrogens with zero attached hydrogens (tertiary/aromatic N) is 1. The van der Waals surface area contributed by atoms with Gasteiger partial charge in [0.1, 0.15) is 0 Å². The minimum Gasteiger partial charge on any atom is -0.311 e. The number of rotatable bonds is 7. The van der Waals surface area contributed by atoms with E-state index in [0.29, 0.717) is 6.04 Å². The minimum absolute atomic E-state index is 0.619. The molecule has 102 valence electrons. The van der Waals surface area contributed by atoms with Crippen LogP contribution in [-0.4, -0.2) is 31.6 Å². The highest BCUT2D eigenvalue weighted by molar-refractivity contribution is 5.25. The fourth-order valence-electron chi connectivity index (χ4n) is 2.20. The lowest BCUT2D eigenvalue weighted by atomic mass is 10.0. The zero-order valence-electron chi connectivity index (χ0n) is 12.5. The largest absolute Gasteiger partial charge is 0.311 e. The molecule has 2 heteroatoms. The molecule has 0 aliphatic carbocycles. The van der Waals surface area contributed by atoms with Gasteiger partial charge in [-0.3, -0.25) is 0 Å². The maximum absolute atomic E-state index is 3.59. The van der Waals surface area contributed by atoms with Gasteiger partial charge in [-0.15, -0.1) is 0 Å². The van der Waals surface area contributed by atoms with Crippen LogP contribution in [0.4, 0.5) is 0 Å². The van der Waals surface area contributed by atoms with Crippen molar-refractivity contribution in [2.45, 2.75) is 39.8 Å². The van der Waals surface area contributed by atoms with E-state index in [4.69, 9.17) is 0 Å². The molecule has 0 saturated heterocycles. The highest BCUT2D eigenvalue weighted by Gasteiger charge is 2.12. The van der Waals surface area contributed by atoms with Crippen LogP contribution >= 0.6 is 0 Å². The molecule has 0 amide bonds. The van der Waals surface area contributed by atoms with Crippen molar-refractivity contribution >= 4 is 0 Å². The lowest BCUT2D eigenvalue weighted by molar-refractivity contribution is 0.246. The molecule has 0 fully saturated rings. The summed E-state index contributed by atoms with van der Waals surface area (Å²) in [6.07, 6.45) is 1.24. The maximum Gasteiger partial charge on any atom is 0.0217 e. The van der Waals surface area contributed by atoms with E-state index >= 15 is 0 Å². The second kappa shape index (κ2) is 7.55. The van der Waals surface area contributed by atoms with Crippen LogP contribution in [0.2, 0.25) is 0 Å². The summed E-state index contributed by atoms with van der Waals surface area (Å²) in [7, 11) is 4.34. The van der Waals surface area contributed by atoms with Crippen LogP contribution in [0.25, 0.3) is 0 Å². The lowest BCUT2D eigenvalue weighted by Gasteiger charge is -2.26. The normalized spacial score (nSPS) is 13.3. The molecule has 0 radical (unpaired) electrons. The van der Waals surface area contributed by atoms with E-state index in [1.165, 1.54) is 17.5 Å². The number of aryl methyl sites for hydroxylation is 1. The molecular weight excluding hydrogens is 220 g/mol. The highest BCUT2D eigenvalue weighted by atomic mass is 15.1. The summed E-state index contributed by atoms with van der Waals surface area (Å²) in [4.78, 5) is 2.32. The summed E-state index contributed by atoms with van der Waals surface area (Å²) in [5.41, 5.74) is 2.77.